The van der Waals surface area contributed by atoms with Crippen molar-refractivity contribution in [2.75, 3.05) is 13.2 Å². The molecule has 0 radical (unpaired) electrons. The number of benzene rings is 1. The molecule has 0 fully saturated rings. The second-order valence-electron chi connectivity index (χ2n) is 3.96. The van der Waals surface area contributed by atoms with E-state index in [1.54, 1.807) is 6.07 Å². The molecule has 18 heavy (non-hydrogen) atoms. The molecule has 5 nitrogen and oxygen atoms in total. The van der Waals surface area contributed by atoms with E-state index in [0.29, 0.717) is 12.2 Å². The Morgan fingerprint density at radius 2 is 2.17 bits per heavy atom. The van der Waals surface area contributed by atoms with E-state index in [1.165, 1.54) is 18.2 Å². The van der Waals surface area contributed by atoms with E-state index in [0.717, 1.165) is 0 Å². The largest absolute Gasteiger partial charge is 0.377 e. The molecular weight excluding hydrogens is 252 g/mol. The Labute approximate surface area is 107 Å². The van der Waals surface area contributed by atoms with Gasteiger partial charge in [0.1, 0.15) is 0 Å². The monoisotopic (exact) mass is 268 g/mol. The Morgan fingerprint density at radius 1 is 1.44 bits per heavy atom. The third-order valence-electron chi connectivity index (χ3n) is 2.12. The Balaban J connectivity index is 2.66. The van der Waals surface area contributed by atoms with Crippen LogP contribution in [0.1, 0.15) is 19.4 Å². The first-order chi connectivity index (χ1) is 8.45. The summed E-state index contributed by atoms with van der Waals surface area (Å²) in [4.78, 5) is 0.0890. The van der Waals surface area contributed by atoms with Crippen molar-refractivity contribution in [3.8, 4) is 6.07 Å². The van der Waals surface area contributed by atoms with Crippen LogP contribution in [0, 0.1) is 11.3 Å². The summed E-state index contributed by atoms with van der Waals surface area (Å²) in [6, 6.07) is 7.79. The molecular formula is C12H16N2O3S. The van der Waals surface area contributed by atoms with Crippen LogP contribution >= 0.6 is 0 Å². The predicted molar refractivity (Wildman–Crippen MR) is 67.4 cm³/mol. The molecule has 1 aromatic carbocycles. The van der Waals surface area contributed by atoms with E-state index in [4.69, 9.17) is 10.00 Å². The van der Waals surface area contributed by atoms with Gasteiger partial charge in [-0.3, -0.25) is 0 Å². The number of hydrogen-bond donors (Lipinski definition) is 1. The fraction of sp³-hybridized carbons (Fsp3) is 0.417. The summed E-state index contributed by atoms with van der Waals surface area (Å²) in [6.07, 6.45) is 0.0661. The molecule has 0 atom stereocenters. The van der Waals surface area contributed by atoms with Gasteiger partial charge in [0, 0.05) is 6.54 Å². The van der Waals surface area contributed by atoms with Gasteiger partial charge in [0.15, 0.2) is 0 Å². The summed E-state index contributed by atoms with van der Waals surface area (Å²) in [7, 11) is -3.57. The molecule has 0 aromatic heterocycles. The quantitative estimate of drug-likeness (QED) is 0.788. The van der Waals surface area contributed by atoms with Crippen molar-refractivity contribution in [2.45, 2.75) is 24.8 Å². The van der Waals surface area contributed by atoms with Gasteiger partial charge in [0.05, 0.1) is 29.2 Å². The van der Waals surface area contributed by atoms with Crippen molar-refractivity contribution >= 4 is 10.0 Å². The zero-order chi connectivity index (χ0) is 13.6. The molecule has 6 heteroatoms. The van der Waals surface area contributed by atoms with Gasteiger partial charge in [-0.05, 0) is 32.0 Å². The molecule has 0 amide bonds. The molecule has 98 valence electrons. The number of nitrogens with one attached hydrogen (secondary N) is 1. The Kier molecular flexibility index (Phi) is 5.28. The summed E-state index contributed by atoms with van der Waals surface area (Å²) in [6.45, 7) is 4.28. The second-order valence-corrected chi connectivity index (χ2v) is 5.72. The van der Waals surface area contributed by atoms with Crippen LogP contribution in [0.2, 0.25) is 0 Å². The maximum absolute atomic E-state index is 11.9. The maximum Gasteiger partial charge on any atom is 0.240 e. The van der Waals surface area contributed by atoms with Crippen molar-refractivity contribution in [1.82, 2.24) is 4.72 Å². The molecule has 0 aliphatic rings. The Morgan fingerprint density at radius 3 is 2.78 bits per heavy atom. The van der Waals surface area contributed by atoms with Gasteiger partial charge in [0.25, 0.3) is 0 Å². The Hall–Kier alpha value is -1.42. The lowest BCUT2D eigenvalue weighted by molar-refractivity contribution is 0.0834. The van der Waals surface area contributed by atoms with E-state index in [2.05, 4.69) is 4.72 Å². The van der Waals surface area contributed by atoms with Crippen LogP contribution in [0.5, 0.6) is 0 Å². The molecule has 1 aromatic rings. The number of rotatable bonds is 6. The van der Waals surface area contributed by atoms with Gasteiger partial charge >= 0.3 is 0 Å². The highest BCUT2D eigenvalue weighted by Gasteiger charge is 2.13. The highest BCUT2D eigenvalue weighted by molar-refractivity contribution is 7.89. The van der Waals surface area contributed by atoms with E-state index in [1.807, 2.05) is 19.9 Å². The van der Waals surface area contributed by atoms with Crippen molar-refractivity contribution in [3.05, 3.63) is 29.8 Å². The van der Waals surface area contributed by atoms with Gasteiger partial charge in [-0.25, -0.2) is 13.1 Å². The fourth-order valence-electron chi connectivity index (χ4n) is 1.29. The van der Waals surface area contributed by atoms with Crippen molar-refractivity contribution in [3.63, 3.8) is 0 Å². The summed E-state index contributed by atoms with van der Waals surface area (Å²) in [5.74, 6) is 0. The van der Waals surface area contributed by atoms with Crippen LogP contribution in [0.3, 0.4) is 0 Å². The standard InChI is InChI=1S/C12H16N2O3S/c1-10(2)17-7-6-14-18(15,16)12-5-3-4-11(8-12)9-13/h3-5,8,10,14H,6-7H2,1-2H3. The number of ether oxygens (including phenoxy) is 1. The SMILES string of the molecule is CC(C)OCCNS(=O)(=O)c1cccc(C#N)c1. The van der Waals surface area contributed by atoms with Crippen molar-refractivity contribution in [2.24, 2.45) is 0 Å². The van der Waals surface area contributed by atoms with Crippen LogP contribution in [0.25, 0.3) is 0 Å². The van der Waals surface area contributed by atoms with Crippen LogP contribution < -0.4 is 4.72 Å². The highest BCUT2D eigenvalue weighted by Crippen LogP contribution is 2.10. The summed E-state index contributed by atoms with van der Waals surface area (Å²) in [5.41, 5.74) is 0.316. The number of sulfonamides is 1. The normalized spacial score (nSPS) is 11.4. The number of nitriles is 1. The zero-order valence-electron chi connectivity index (χ0n) is 10.4. The maximum atomic E-state index is 11.9. The van der Waals surface area contributed by atoms with Gasteiger partial charge in [-0.1, -0.05) is 6.07 Å². The first-order valence-corrected chi connectivity index (χ1v) is 7.05. The third-order valence-corrected chi connectivity index (χ3v) is 3.58. The Bertz CT molecular complexity index is 532. The van der Waals surface area contributed by atoms with E-state index < -0.39 is 10.0 Å². The number of nitrogens with zero attached hydrogens (tertiary/aromatic N) is 1. The summed E-state index contributed by atoms with van der Waals surface area (Å²) >= 11 is 0. The molecule has 1 rings (SSSR count). The lowest BCUT2D eigenvalue weighted by Gasteiger charge is -2.09. The van der Waals surface area contributed by atoms with Crippen LogP contribution in [0.15, 0.2) is 29.2 Å². The van der Waals surface area contributed by atoms with E-state index in [9.17, 15) is 8.42 Å². The smallest absolute Gasteiger partial charge is 0.240 e. The van der Waals surface area contributed by atoms with E-state index >= 15 is 0 Å². The first kappa shape index (κ1) is 14.6. The molecule has 0 spiro atoms. The first-order valence-electron chi connectivity index (χ1n) is 5.57. The molecule has 0 heterocycles. The van der Waals surface area contributed by atoms with Gasteiger partial charge in [-0.15, -0.1) is 0 Å². The average molecular weight is 268 g/mol. The minimum absolute atomic E-state index is 0.0661. The van der Waals surface area contributed by atoms with E-state index in [-0.39, 0.29) is 17.5 Å². The second kappa shape index (κ2) is 6.50. The lowest BCUT2D eigenvalue weighted by atomic mass is 10.2. The minimum atomic E-state index is -3.57. The molecule has 0 saturated carbocycles. The van der Waals surface area contributed by atoms with Crippen LogP contribution in [-0.4, -0.2) is 27.7 Å². The predicted octanol–water partition coefficient (Wildman–Crippen LogP) is 1.26. The molecule has 0 bridgehead atoms. The fourth-order valence-corrected chi connectivity index (χ4v) is 2.35. The lowest BCUT2D eigenvalue weighted by Crippen LogP contribution is -2.28. The zero-order valence-corrected chi connectivity index (χ0v) is 11.2. The van der Waals surface area contributed by atoms with Crippen molar-refractivity contribution < 1.29 is 13.2 Å². The molecule has 1 N–H and O–H groups in total. The highest BCUT2D eigenvalue weighted by atomic mass is 32.2. The average Bonchev–Trinajstić information content (AvgIpc) is 2.34. The van der Waals surface area contributed by atoms with Gasteiger partial charge in [0.2, 0.25) is 10.0 Å². The number of hydrogen-bond acceptors (Lipinski definition) is 4. The van der Waals surface area contributed by atoms with Crippen LogP contribution in [-0.2, 0) is 14.8 Å². The third kappa shape index (κ3) is 4.45. The molecule has 0 unspecified atom stereocenters. The molecule has 0 aliphatic carbocycles. The van der Waals surface area contributed by atoms with Gasteiger partial charge in [-0.2, -0.15) is 5.26 Å². The summed E-state index contributed by atoms with van der Waals surface area (Å²) in [5, 5.41) is 8.72. The molecule has 0 saturated heterocycles. The van der Waals surface area contributed by atoms with Gasteiger partial charge < -0.3 is 4.74 Å². The van der Waals surface area contributed by atoms with Crippen molar-refractivity contribution in [1.29, 1.82) is 5.26 Å². The topological polar surface area (TPSA) is 79.2 Å². The molecule has 0 aliphatic heterocycles. The van der Waals surface area contributed by atoms with Crippen LogP contribution in [0.4, 0.5) is 0 Å². The minimum Gasteiger partial charge on any atom is -0.377 e. The summed E-state index contributed by atoms with van der Waals surface area (Å²) < 4.78 is 31.4.